The Hall–Kier alpha value is -0.870. The van der Waals surface area contributed by atoms with E-state index in [2.05, 4.69) is 47.0 Å². The van der Waals surface area contributed by atoms with E-state index in [4.69, 9.17) is 0 Å². The predicted molar refractivity (Wildman–Crippen MR) is 78.9 cm³/mol. The quantitative estimate of drug-likeness (QED) is 0.876. The Bertz CT molecular complexity index is 378. The number of carbonyl (C=O) groups excluding carboxylic acids is 1. The van der Waals surface area contributed by atoms with Crippen LogP contribution in [0, 0.1) is 0 Å². The highest BCUT2D eigenvalue weighted by Crippen LogP contribution is 2.10. The number of nitrogens with zero attached hydrogens (tertiary/aromatic N) is 1. The zero-order chi connectivity index (χ0) is 13.5. The Morgan fingerprint density at radius 2 is 2.00 bits per heavy atom. The van der Waals surface area contributed by atoms with Crippen LogP contribution in [0.25, 0.3) is 0 Å². The van der Waals surface area contributed by atoms with Gasteiger partial charge in [0.1, 0.15) is 0 Å². The van der Waals surface area contributed by atoms with Gasteiger partial charge < -0.3 is 10.2 Å². The van der Waals surface area contributed by atoms with E-state index in [-0.39, 0.29) is 5.91 Å². The number of likely N-dealkylation sites (N-methyl/N-ethyl adjacent to an activating group) is 1. The number of halogens is 1. The second-order valence-electron chi connectivity index (χ2n) is 4.50. The van der Waals surface area contributed by atoms with Crippen LogP contribution in [0.4, 0.5) is 0 Å². The summed E-state index contributed by atoms with van der Waals surface area (Å²) in [6.45, 7) is 5.91. The molecule has 1 N–H and O–H groups in total. The smallest absolute Gasteiger partial charge is 0.251 e. The van der Waals surface area contributed by atoms with Gasteiger partial charge in [-0.2, -0.15) is 0 Å². The van der Waals surface area contributed by atoms with Crippen LogP contribution in [0.3, 0.4) is 0 Å². The Morgan fingerprint density at radius 3 is 2.56 bits per heavy atom. The zero-order valence-electron chi connectivity index (χ0n) is 11.2. The van der Waals surface area contributed by atoms with Gasteiger partial charge in [-0.25, -0.2) is 0 Å². The minimum absolute atomic E-state index is 0.0138. The van der Waals surface area contributed by atoms with Crippen molar-refractivity contribution in [1.29, 1.82) is 0 Å². The summed E-state index contributed by atoms with van der Waals surface area (Å²) >= 11 is 3.35. The van der Waals surface area contributed by atoms with Gasteiger partial charge in [0.05, 0.1) is 0 Å². The molecule has 1 aromatic carbocycles. The van der Waals surface area contributed by atoms with Gasteiger partial charge in [-0.15, -0.1) is 0 Å². The van der Waals surface area contributed by atoms with Gasteiger partial charge in [0.2, 0.25) is 0 Å². The first-order valence-corrected chi connectivity index (χ1v) is 7.08. The molecule has 0 saturated heterocycles. The van der Waals surface area contributed by atoms with Crippen molar-refractivity contribution in [3.05, 3.63) is 34.3 Å². The molecule has 4 heteroatoms. The van der Waals surface area contributed by atoms with E-state index in [1.54, 1.807) is 0 Å². The first kappa shape index (κ1) is 15.2. The molecule has 0 heterocycles. The lowest BCUT2D eigenvalue weighted by Crippen LogP contribution is -2.37. The van der Waals surface area contributed by atoms with Gasteiger partial charge in [0.15, 0.2) is 0 Å². The second kappa shape index (κ2) is 7.54. The molecule has 1 rings (SSSR count). The summed E-state index contributed by atoms with van der Waals surface area (Å²) in [5.41, 5.74) is 0.699. The van der Waals surface area contributed by atoms with Gasteiger partial charge in [0.25, 0.3) is 5.91 Å². The van der Waals surface area contributed by atoms with Crippen LogP contribution >= 0.6 is 15.9 Å². The number of amides is 1. The summed E-state index contributed by atoms with van der Waals surface area (Å²) in [5, 5.41) is 2.93. The lowest BCUT2D eigenvalue weighted by molar-refractivity contribution is 0.0947. The maximum atomic E-state index is 11.8. The van der Waals surface area contributed by atoms with Gasteiger partial charge >= 0.3 is 0 Å². The van der Waals surface area contributed by atoms with Gasteiger partial charge in [-0.1, -0.05) is 22.9 Å². The summed E-state index contributed by atoms with van der Waals surface area (Å²) in [5.74, 6) is -0.0138. The average molecular weight is 313 g/mol. The Balaban J connectivity index is 2.35. The molecule has 0 saturated carbocycles. The molecule has 1 aromatic rings. The predicted octanol–water partition coefficient (Wildman–Crippen LogP) is 2.91. The van der Waals surface area contributed by atoms with Crippen LogP contribution in [0.2, 0.25) is 0 Å². The van der Waals surface area contributed by atoms with E-state index in [0.29, 0.717) is 18.2 Å². The number of benzene rings is 1. The molecule has 18 heavy (non-hydrogen) atoms. The van der Waals surface area contributed by atoms with Crippen molar-refractivity contribution in [3.63, 3.8) is 0 Å². The fourth-order valence-electron chi connectivity index (χ4n) is 1.58. The van der Waals surface area contributed by atoms with Crippen LogP contribution in [-0.2, 0) is 0 Å². The molecule has 0 fully saturated rings. The van der Waals surface area contributed by atoms with E-state index in [9.17, 15) is 4.79 Å². The molecule has 0 spiro atoms. The summed E-state index contributed by atoms with van der Waals surface area (Å²) in [6, 6.07) is 7.94. The number of carbonyl (C=O) groups is 1. The highest BCUT2D eigenvalue weighted by molar-refractivity contribution is 9.10. The molecule has 1 amide bonds. The van der Waals surface area contributed by atoms with Gasteiger partial charge in [-0.3, -0.25) is 4.79 Å². The number of hydrogen-bond acceptors (Lipinski definition) is 2. The molecular formula is C14H21BrN2O. The molecule has 0 aromatic heterocycles. The summed E-state index contributed by atoms with van der Waals surface area (Å²) in [6.07, 6.45) is 1.12. The molecule has 0 aliphatic rings. The molecule has 100 valence electrons. The molecule has 0 radical (unpaired) electrons. The molecule has 0 unspecified atom stereocenters. The molecule has 1 atom stereocenters. The van der Waals surface area contributed by atoms with Crippen LogP contribution in [0.15, 0.2) is 28.7 Å². The molecular weight excluding hydrogens is 292 g/mol. The monoisotopic (exact) mass is 312 g/mol. The molecule has 0 bridgehead atoms. The van der Waals surface area contributed by atoms with Gasteiger partial charge in [-0.05, 0) is 44.7 Å². The van der Waals surface area contributed by atoms with Crippen molar-refractivity contribution in [1.82, 2.24) is 10.2 Å². The Morgan fingerprint density at radius 1 is 1.39 bits per heavy atom. The molecule has 0 aliphatic carbocycles. The summed E-state index contributed by atoms with van der Waals surface area (Å²) in [4.78, 5) is 14.1. The van der Waals surface area contributed by atoms with Gasteiger partial charge in [0, 0.05) is 29.2 Å². The third-order valence-corrected chi connectivity index (χ3v) is 3.73. The Kier molecular flexibility index (Phi) is 6.36. The van der Waals surface area contributed by atoms with E-state index in [1.165, 1.54) is 0 Å². The SMILES string of the molecule is CC[C@@H](C)N(C)CCNC(=O)c1ccc(Br)cc1. The van der Waals surface area contributed by atoms with E-state index < -0.39 is 0 Å². The highest BCUT2D eigenvalue weighted by Gasteiger charge is 2.08. The number of rotatable bonds is 6. The normalized spacial score (nSPS) is 12.5. The Labute approximate surface area is 118 Å². The fourth-order valence-corrected chi connectivity index (χ4v) is 1.85. The van der Waals surface area contributed by atoms with Crippen molar-refractivity contribution in [2.45, 2.75) is 26.3 Å². The zero-order valence-corrected chi connectivity index (χ0v) is 12.8. The molecule has 0 aliphatic heterocycles. The minimum Gasteiger partial charge on any atom is -0.351 e. The van der Waals surface area contributed by atoms with Crippen molar-refractivity contribution in [3.8, 4) is 0 Å². The van der Waals surface area contributed by atoms with E-state index in [0.717, 1.165) is 17.4 Å². The lowest BCUT2D eigenvalue weighted by Gasteiger charge is -2.23. The first-order chi connectivity index (χ1) is 8.54. The maximum Gasteiger partial charge on any atom is 0.251 e. The summed E-state index contributed by atoms with van der Waals surface area (Å²) in [7, 11) is 2.08. The number of hydrogen-bond donors (Lipinski definition) is 1. The second-order valence-corrected chi connectivity index (χ2v) is 5.42. The average Bonchev–Trinajstić information content (AvgIpc) is 2.38. The first-order valence-electron chi connectivity index (χ1n) is 6.28. The third-order valence-electron chi connectivity index (χ3n) is 3.20. The van der Waals surface area contributed by atoms with Crippen molar-refractivity contribution in [2.24, 2.45) is 0 Å². The minimum atomic E-state index is -0.0138. The largest absolute Gasteiger partial charge is 0.351 e. The van der Waals surface area contributed by atoms with Crippen LogP contribution in [0.5, 0.6) is 0 Å². The number of nitrogens with one attached hydrogen (secondary N) is 1. The van der Waals surface area contributed by atoms with Crippen LogP contribution in [0.1, 0.15) is 30.6 Å². The van der Waals surface area contributed by atoms with Crippen LogP contribution in [-0.4, -0.2) is 37.0 Å². The van der Waals surface area contributed by atoms with Crippen molar-refractivity contribution >= 4 is 21.8 Å². The van der Waals surface area contributed by atoms with E-state index >= 15 is 0 Å². The van der Waals surface area contributed by atoms with E-state index in [1.807, 2.05) is 24.3 Å². The van der Waals surface area contributed by atoms with Crippen molar-refractivity contribution in [2.75, 3.05) is 20.1 Å². The van der Waals surface area contributed by atoms with Crippen LogP contribution < -0.4 is 5.32 Å². The standard InChI is InChI=1S/C14H21BrN2O/c1-4-11(2)17(3)10-9-16-14(18)12-5-7-13(15)8-6-12/h5-8,11H,4,9-10H2,1-3H3,(H,16,18)/t11-/m1/s1. The maximum absolute atomic E-state index is 11.8. The molecule has 3 nitrogen and oxygen atoms in total. The fraction of sp³-hybridized carbons (Fsp3) is 0.500. The summed E-state index contributed by atoms with van der Waals surface area (Å²) < 4.78 is 0.982. The topological polar surface area (TPSA) is 32.3 Å². The third kappa shape index (κ3) is 4.78. The van der Waals surface area contributed by atoms with Crippen molar-refractivity contribution < 1.29 is 4.79 Å². The highest BCUT2D eigenvalue weighted by atomic mass is 79.9. The lowest BCUT2D eigenvalue weighted by atomic mass is 10.2.